The third kappa shape index (κ3) is 5.70. The first kappa shape index (κ1) is 25.3. The Balaban J connectivity index is 1.47. The molecule has 1 aromatic heterocycles. The monoisotopic (exact) mass is 497 g/mol. The fraction of sp³-hybridized carbons (Fsp3) is 0.444. The summed E-state index contributed by atoms with van der Waals surface area (Å²) in [6, 6.07) is 14.4. The molecule has 1 aliphatic heterocycles. The molecule has 0 spiro atoms. The molecule has 1 N–H and O–H groups in total. The number of carbonyl (C=O) groups is 1. The van der Waals surface area contributed by atoms with Crippen LogP contribution < -0.4 is 10.1 Å². The first-order valence-corrected chi connectivity index (χ1v) is 13.9. The lowest BCUT2D eigenvalue weighted by Crippen LogP contribution is -2.35. The summed E-state index contributed by atoms with van der Waals surface area (Å²) >= 11 is 0. The molecule has 0 radical (unpaired) electrons. The van der Waals surface area contributed by atoms with Crippen LogP contribution in [-0.2, 0) is 21.4 Å². The number of sulfonamides is 1. The Morgan fingerprint density at radius 2 is 1.74 bits per heavy atom. The fourth-order valence-electron chi connectivity index (χ4n) is 4.60. The van der Waals surface area contributed by atoms with Crippen LogP contribution in [0.4, 0.5) is 0 Å². The van der Waals surface area contributed by atoms with E-state index in [-0.39, 0.29) is 18.1 Å². The molecule has 7 nitrogen and oxygen atoms in total. The number of nitrogens with zero attached hydrogens (tertiary/aromatic N) is 2. The van der Waals surface area contributed by atoms with Crippen LogP contribution in [0.3, 0.4) is 0 Å². The van der Waals surface area contributed by atoms with Crippen molar-refractivity contribution < 1.29 is 17.9 Å². The number of piperidine rings is 1. The summed E-state index contributed by atoms with van der Waals surface area (Å²) in [6.45, 7) is 7.52. The number of fused-ring (bicyclic) bond motifs is 1. The number of carbonyl (C=O) groups excluding carboxylic acids is 1. The second kappa shape index (κ2) is 10.8. The van der Waals surface area contributed by atoms with Gasteiger partial charge in [0.15, 0.2) is 0 Å². The van der Waals surface area contributed by atoms with Gasteiger partial charge in [0.25, 0.3) is 0 Å². The van der Waals surface area contributed by atoms with Gasteiger partial charge < -0.3 is 14.6 Å². The number of ether oxygens (including phenoxy) is 1. The maximum Gasteiger partial charge on any atom is 0.243 e. The first-order valence-electron chi connectivity index (χ1n) is 12.4. The minimum Gasteiger partial charge on any atom is -0.491 e. The molecule has 1 atom stereocenters. The highest BCUT2D eigenvalue weighted by atomic mass is 32.2. The van der Waals surface area contributed by atoms with E-state index in [0.717, 1.165) is 41.5 Å². The van der Waals surface area contributed by atoms with E-state index in [1.165, 1.54) is 0 Å². The lowest BCUT2D eigenvalue weighted by atomic mass is 10.1. The minimum atomic E-state index is -3.50. The molecule has 2 heterocycles. The van der Waals surface area contributed by atoms with E-state index in [2.05, 4.69) is 5.32 Å². The van der Waals surface area contributed by atoms with Gasteiger partial charge in [-0.1, -0.05) is 25.5 Å². The van der Waals surface area contributed by atoms with Crippen molar-refractivity contribution in [3.63, 3.8) is 0 Å². The summed E-state index contributed by atoms with van der Waals surface area (Å²) in [5.74, 6) is 0.736. The Labute approximate surface area is 208 Å². The minimum absolute atomic E-state index is 0.0717. The normalized spacial score (nSPS) is 15.9. The maximum absolute atomic E-state index is 13.1. The molecule has 0 unspecified atom stereocenters. The van der Waals surface area contributed by atoms with Crippen LogP contribution in [0.25, 0.3) is 10.9 Å². The lowest BCUT2D eigenvalue weighted by molar-refractivity contribution is -0.124. The average molecular weight is 498 g/mol. The molecule has 1 aliphatic rings. The Hall–Kier alpha value is -2.84. The van der Waals surface area contributed by atoms with Gasteiger partial charge in [-0.05, 0) is 75.1 Å². The van der Waals surface area contributed by atoms with E-state index in [4.69, 9.17) is 4.74 Å². The smallest absolute Gasteiger partial charge is 0.243 e. The summed E-state index contributed by atoms with van der Waals surface area (Å²) in [5.41, 5.74) is 1.84. The second-order valence-electron chi connectivity index (χ2n) is 9.36. The molecule has 4 rings (SSSR count). The zero-order chi connectivity index (χ0) is 25.0. The number of rotatable bonds is 9. The van der Waals surface area contributed by atoms with Crippen molar-refractivity contribution in [2.75, 3.05) is 13.1 Å². The van der Waals surface area contributed by atoms with Gasteiger partial charge in [-0.25, -0.2) is 8.42 Å². The van der Waals surface area contributed by atoms with Gasteiger partial charge in [0.2, 0.25) is 15.9 Å². The van der Waals surface area contributed by atoms with Gasteiger partial charge in [0.1, 0.15) is 11.8 Å². The number of nitrogens with one attached hydrogen (secondary N) is 1. The number of amides is 1. The van der Waals surface area contributed by atoms with E-state index in [9.17, 15) is 13.2 Å². The van der Waals surface area contributed by atoms with Gasteiger partial charge in [-0.15, -0.1) is 0 Å². The highest BCUT2D eigenvalue weighted by Crippen LogP contribution is 2.27. The van der Waals surface area contributed by atoms with Crippen molar-refractivity contribution in [1.82, 2.24) is 14.2 Å². The molecule has 0 aliphatic carbocycles. The van der Waals surface area contributed by atoms with Crippen LogP contribution in [0.15, 0.2) is 59.6 Å². The van der Waals surface area contributed by atoms with Gasteiger partial charge in [0.05, 0.1) is 11.0 Å². The first-order chi connectivity index (χ1) is 16.8. The van der Waals surface area contributed by atoms with Crippen molar-refractivity contribution in [1.29, 1.82) is 0 Å². The zero-order valence-electron chi connectivity index (χ0n) is 20.7. The average Bonchev–Trinajstić information content (AvgIpc) is 3.27. The van der Waals surface area contributed by atoms with Gasteiger partial charge in [0, 0.05) is 36.7 Å². The topological polar surface area (TPSA) is 80.6 Å². The summed E-state index contributed by atoms with van der Waals surface area (Å²) in [6.07, 6.45) is 5.48. The van der Waals surface area contributed by atoms with E-state index in [0.29, 0.717) is 31.0 Å². The van der Waals surface area contributed by atoms with E-state index >= 15 is 0 Å². The van der Waals surface area contributed by atoms with E-state index in [1.807, 2.05) is 67.9 Å². The fourth-order valence-corrected chi connectivity index (χ4v) is 6.16. The molecule has 1 amide bonds. The standard InChI is InChI=1S/C27H35N3O4S/c1-4-25(27(31)28-19-21-8-10-23(11-9-21)34-20(2)3)30-17-14-22-18-24(12-13-26(22)30)35(32,33)29-15-6-5-7-16-29/h8-14,17-18,20,25H,4-7,15-16,19H2,1-3H3,(H,28,31)/t25-/m0/s1. The third-order valence-corrected chi connectivity index (χ3v) is 8.33. The zero-order valence-corrected chi connectivity index (χ0v) is 21.6. The van der Waals surface area contributed by atoms with Gasteiger partial charge in [-0.2, -0.15) is 4.31 Å². The molecule has 2 aromatic carbocycles. The summed E-state index contributed by atoms with van der Waals surface area (Å²) < 4.78 is 35.3. The number of hydrogen-bond acceptors (Lipinski definition) is 4. The lowest BCUT2D eigenvalue weighted by Gasteiger charge is -2.26. The van der Waals surface area contributed by atoms with Crippen molar-refractivity contribution in [3.8, 4) is 5.75 Å². The van der Waals surface area contributed by atoms with Crippen molar-refractivity contribution in [2.45, 2.75) is 70.0 Å². The highest BCUT2D eigenvalue weighted by Gasteiger charge is 2.27. The number of aromatic nitrogens is 1. The maximum atomic E-state index is 13.1. The Morgan fingerprint density at radius 1 is 1.03 bits per heavy atom. The molecule has 1 saturated heterocycles. The number of hydrogen-bond donors (Lipinski definition) is 1. The Morgan fingerprint density at radius 3 is 2.40 bits per heavy atom. The molecule has 8 heteroatoms. The molecule has 3 aromatic rings. The molecular weight excluding hydrogens is 462 g/mol. The van der Waals surface area contributed by atoms with Crippen molar-refractivity contribution >= 4 is 26.8 Å². The van der Waals surface area contributed by atoms with E-state index < -0.39 is 10.0 Å². The Bertz CT molecular complexity index is 1260. The predicted molar refractivity (Wildman–Crippen MR) is 138 cm³/mol. The molecule has 0 bridgehead atoms. The largest absolute Gasteiger partial charge is 0.491 e. The van der Waals surface area contributed by atoms with Gasteiger partial charge in [-0.3, -0.25) is 4.79 Å². The third-order valence-electron chi connectivity index (χ3n) is 6.43. The van der Waals surface area contributed by atoms with Crippen LogP contribution in [-0.4, -0.2) is 42.4 Å². The molecular formula is C27H35N3O4S. The molecule has 35 heavy (non-hydrogen) atoms. The van der Waals surface area contributed by atoms with Crippen LogP contribution in [0.1, 0.15) is 58.1 Å². The van der Waals surface area contributed by atoms with Crippen molar-refractivity contribution in [2.24, 2.45) is 0 Å². The van der Waals surface area contributed by atoms with Crippen LogP contribution in [0.2, 0.25) is 0 Å². The molecule has 1 fully saturated rings. The van der Waals surface area contributed by atoms with Crippen LogP contribution >= 0.6 is 0 Å². The molecule has 0 saturated carbocycles. The highest BCUT2D eigenvalue weighted by molar-refractivity contribution is 7.89. The predicted octanol–water partition coefficient (Wildman–Crippen LogP) is 4.87. The summed E-state index contributed by atoms with van der Waals surface area (Å²) in [7, 11) is -3.50. The summed E-state index contributed by atoms with van der Waals surface area (Å²) in [5, 5.41) is 3.85. The van der Waals surface area contributed by atoms with Crippen molar-refractivity contribution in [3.05, 3.63) is 60.3 Å². The second-order valence-corrected chi connectivity index (χ2v) is 11.3. The number of benzene rings is 2. The Kier molecular flexibility index (Phi) is 7.82. The van der Waals surface area contributed by atoms with E-state index in [1.54, 1.807) is 16.4 Å². The quantitative estimate of drug-likeness (QED) is 0.457. The van der Waals surface area contributed by atoms with Crippen LogP contribution in [0.5, 0.6) is 5.75 Å². The van der Waals surface area contributed by atoms with Gasteiger partial charge >= 0.3 is 0 Å². The van der Waals surface area contributed by atoms with Crippen LogP contribution in [0, 0.1) is 0 Å². The summed E-state index contributed by atoms with van der Waals surface area (Å²) in [4.78, 5) is 13.4. The SMILES string of the molecule is CC[C@@H](C(=O)NCc1ccc(OC(C)C)cc1)n1ccc2cc(S(=O)(=O)N3CCCCC3)ccc21. The molecule has 188 valence electrons.